The largest absolute Gasteiger partial charge is 0.273 e. The molecule has 0 spiro atoms. The van der Waals surface area contributed by atoms with Gasteiger partial charge in [0.2, 0.25) is 0 Å². The Bertz CT molecular complexity index is 716. The molecular weight excluding hydrogens is 282 g/mol. The molecule has 3 nitrogen and oxygen atoms in total. The summed E-state index contributed by atoms with van der Waals surface area (Å²) < 4.78 is 27.0. The molecule has 0 aromatic heterocycles. The van der Waals surface area contributed by atoms with Crippen LogP contribution in [0.25, 0.3) is 0 Å². The number of nitrogens with zero attached hydrogens (tertiary/aromatic N) is 1. The molecule has 4 rings (SSSR count). The van der Waals surface area contributed by atoms with E-state index in [0.29, 0.717) is 22.8 Å². The van der Waals surface area contributed by atoms with Crippen molar-refractivity contribution in [1.82, 2.24) is 4.31 Å². The second kappa shape index (κ2) is 4.13. The maximum Gasteiger partial charge on any atom is 0.263 e. The summed E-state index contributed by atoms with van der Waals surface area (Å²) >= 11 is 0. The van der Waals surface area contributed by atoms with Crippen LogP contribution in [0.3, 0.4) is 0 Å². The van der Waals surface area contributed by atoms with E-state index in [9.17, 15) is 8.42 Å². The van der Waals surface area contributed by atoms with Crippen LogP contribution in [0.15, 0.2) is 40.9 Å². The Morgan fingerprint density at radius 3 is 2.48 bits per heavy atom. The summed E-state index contributed by atoms with van der Waals surface area (Å²) in [7, 11) is -3.38. The average molecular weight is 303 g/mol. The molecule has 0 radical (unpaired) electrons. The second-order valence-corrected chi connectivity index (χ2v) is 8.89. The molecule has 4 heteroatoms. The van der Waals surface area contributed by atoms with E-state index in [2.05, 4.69) is 6.92 Å². The molecule has 112 valence electrons. The number of allylic oxidation sites excluding steroid dienone is 1. The van der Waals surface area contributed by atoms with E-state index in [1.165, 1.54) is 18.4 Å². The Kier molecular flexibility index (Phi) is 2.63. The zero-order valence-corrected chi connectivity index (χ0v) is 13.4. The van der Waals surface area contributed by atoms with E-state index in [0.717, 1.165) is 17.9 Å². The third-order valence-electron chi connectivity index (χ3n) is 5.45. The first kappa shape index (κ1) is 13.4. The van der Waals surface area contributed by atoms with Gasteiger partial charge in [-0.15, -0.1) is 0 Å². The lowest BCUT2D eigenvalue weighted by atomic mass is 9.98. The molecule has 2 atom stereocenters. The van der Waals surface area contributed by atoms with Crippen molar-refractivity contribution in [3.8, 4) is 0 Å². The normalized spacial score (nSPS) is 31.6. The molecule has 2 aliphatic carbocycles. The minimum atomic E-state index is -3.38. The first-order valence-electron chi connectivity index (χ1n) is 7.74. The van der Waals surface area contributed by atoms with Crippen molar-refractivity contribution in [1.29, 1.82) is 0 Å². The fraction of sp³-hybridized carbons (Fsp3) is 0.529. The molecule has 1 aromatic carbocycles. The topological polar surface area (TPSA) is 37.4 Å². The van der Waals surface area contributed by atoms with Gasteiger partial charge < -0.3 is 0 Å². The Morgan fingerprint density at radius 1 is 1.19 bits per heavy atom. The van der Waals surface area contributed by atoms with E-state index in [-0.39, 0.29) is 0 Å². The Balaban J connectivity index is 1.65. The summed E-state index contributed by atoms with van der Waals surface area (Å²) in [5.74, 6) is 1.47. The van der Waals surface area contributed by atoms with Gasteiger partial charge in [0.25, 0.3) is 10.0 Å². The van der Waals surface area contributed by atoms with Gasteiger partial charge >= 0.3 is 0 Å². The molecule has 0 saturated heterocycles. The number of benzene rings is 1. The summed E-state index contributed by atoms with van der Waals surface area (Å²) in [6, 6.07) is 7.14. The predicted molar refractivity (Wildman–Crippen MR) is 82.1 cm³/mol. The van der Waals surface area contributed by atoms with Gasteiger partial charge in [-0.2, -0.15) is 0 Å². The lowest BCUT2D eigenvalue weighted by Crippen LogP contribution is -2.30. The molecule has 0 N–H and O–H groups in total. The van der Waals surface area contributed by atoms with Crippen LogP contribution in [0.5, 0.6) is 0 Å². The standard InChI is InChI=1S/C17H21NO2S/c1-12-3-7-14(8-4-12)21(19,20)18-10-9-17(2)15(11-18)16(17)13-5-6-13/h3-4,7-8,11,13,16H,5-6,9-10H2,1-2H3. The minimum Gasteiger partial charge on any atom is -0.273 e. The summed E-state index contributed by atoms with van der Waals surface area (Å²) in [4.78, 5) is 0.400. The molecule has 1 aliphatic heterocycles. The van der Waals surface area contributed by atoms with Crippen molar-refractivity contribution >= 4 is 10.0 Å². The molecule has 1 aromatic rings. The Labute approximate surface area is 126 Å². The van der Waals surface area contributed by atoms with Crippen molar-refractivity contribution in [3.63, 3.8) is 0 Å². The van der Waals surface area contributed by atoms with Crippen molar-refractivity contribution in [2.24, 2.45) is 17.3 Å². The van der Waals surface area contributed by atoms with E-state index in [1.807, 2.05) is 25.3 Å². The van der Waals surface area contributed by atoms with Crippen molar-refractivity contribution < 1.29 is 8.42 Å². The molecule has 2 unspecified atom stereocenters. The number of hydrogen-bond acceptors (Lipinski definition) is 2. The monoisotopic (exact) mass is 303 g/mol. The van der Waals surface area contributed by atoms with E-state index >= 15 is 0 Å². The van der Waals surface area contributed by atoms with Gasteiger partial charge in [-0.25, -0.2) is 8.42 Å². The maximum absolute atomic E-state index is 12.7. The first-order valence-corrected chi connectivity index (χ1v) is 9.18. The summed E-state index contributed by atoms with van der Waals surface area (Å²) in [6.45, 7) is 4.88. The molecule has 21 heavy (non-hydrogen) atoms. The summed E-state index contributed by atoms with van der Waals surface area (Å²) in [5, 5.41) is 0. The van der Waals surface area contributed by atoms with Gasteiger partial charge in [0.05, 0.1) is 4.90 Å². The number of rotatable bonds is 3. The summed E-state index contributed by atoms with van der Waals surface area (Å²) in [6.07, 6.45) is 5.54. The highest BCUT2D eigenvalue weighted by atomic mass is 32.2. The molecule has 2 saturated carbocycles. The van der Waals surface area contributed by atoms with Gasteiger partial charge in [-0.05, 0) is 61.1 Å². The van der Waals surface area contributed by atoms with Crippen LogP contribution in [-0.4, -0.2) is 19.3 Å². The summed E-state index contributed by atoms with van der Waals surface area (Å²) in [5.41, 5.74) is 2.74. The molecule has 0 amide bonds. The third-order valence-corrected chi connectivity index (χ3v) is 7.23. The van der Waals surface area contributed by atoms with Crippen molar-refractivity contribution in [2.45, 2.75) is 38.0 Å². The fourth-order valence-corrected chi connectivity index (χ4v) is 5.21. The third kappa shape index (κ3) is 1.95. The molecular formula is C17H21NO2S. The number of aryl methyl sites for hydroxylation is 1. The van der Waals surface area contributed by atoms with Gasteiger partial charge in [-0.3, -0.25) is 4.31 Å². The van der Waals surface area contributed by atoms with Gasteiger partial charge in [0.1, 0.15) is 0 Å². The highest BCUT2D eigenvalue weighted by molar-refractivity contribution is 7.89. The van der Waals surface area contributed by atoms with Crippen LogP contribution in [0.2, 0.25) is 0 Å². The SMILES string of the molecule is Cc1ccc(S(=O)(=O)N2C=C3C(C4CC4)C3(C)CC2)cc1. The van der Waals surface area contributed by atoms with Crippen molar-refractivity contribution in [2.75, 3.05) is 6.54 Å². The molecule has 0 bridgehead atoms. The average Bonchev–Trinajstić information content (AvgIpc) is 3.32. The van der Waals surface area contributed by atoms with Gasteiger partial charge in [0.15, 0.2) is 0 Å². The smallest absolute Gasteiger partial charge is 0.263 e. The number of fused-ring (bicyclic) bond motifs is 1. The second-order valence-electron chi connectivity index (χ2n) is 7.00. The number of sulfonamides is 1. The Hall–Kier alpha value is -1.29. The van der Waals surface area contributed by atoms with Crippen LogP contribution in [0.1, 0.15) is 31.7 Å². The zero-order chi connectivity index (χ0) is 14.8. The highest BCUT2D eigenvalue weighted by Gasteiger charge is 2.63. The quantitative estimate of drug-likeness (QED) is 0.859. The predicted octanol–water partition coefficient (Wildman–Crippen LogP) is 3.32. The fourth-order valence-electron chi connectivity index (χ4n) is 3.87. The van der Waals surface area contributed by atoms with Crippen LogP contribution in [0.4, 0.5) is 0 Å². The van der Waals surface area contributed by atoms with Gasteiger partial charge in [-0.1, -0.05) is 24.6 Å². The molecule has 1 heterocycles. The van der Waals surface area contributed by atoms with E-state index < -0.39 is 10.0 Å². The van der Waals surface area contributed by atoms with Crippen LogP contribution in [0, 0.1) is 24.2 Å². The lowest BCUT2D eigenvalue weighted by Gasteiger charge is -2.25. The van der Waals surface area contributed by atoms with Crippen LogP contribution < -0.4 is 0 Å². The van der Waals surface area contributed by atoms with Gasteiger partial charge in [0, 0.05) is 12.7 Å². The lowest BCUT2D eigenvalue weighted by molar-refractivity contribution is 0.381. The maximum atomic E-state index is 12.7. The van der Waals surface area contributed by atoms with Crippen LogP contribution >= 0.6 is 0 Å². The number of hydrogen-bond donors (Lipinski definition) is 0. The molecule has 3 aliphatic rings. The zero-order valence-electron chi connectivity index (χ0n) is 12.5. The van der Waals surface area contributed by atoms with Crippen molar-refractivity contribution in [3.05, 3.63) is 41.6 Å². The van der Waals surface area contributed by atoms with E-state index in [1.54, 1.807) is 16.4 Å². The van der Waals surface area contributed by atoms with E-state index in [4.69, 9.17) is 0 Å². The minimum absolute atomic E-state index is 0.292. The highest BCUT2D eigenvalue weighted by Crippen LogP contribution is 2.70. The Morgan fingerprint density at radius 2 is 1.86 bits per heavy atom. The first-order chi connectivity index (χ1) is 9.93. The van der Waals surface area contributed by atoms with Crippen LogP contribution in [-0.2, 0) is 10.0 Å². The molecule has 2 fully saturated rings.